The van der Waals surface area contributed by atoms with Crippen molar-refractivity contribution < 1.29 is 19.3 Å². The van der Waals surface area contributed by atoms with Gasteiger partial charge in [0.1, 0.15) is 0 Å². The molecule has 0 aromatic rings. The van der Waals surface area contributed by atoms with Gasteiger partial charge in [0.25, 0.3) is 0 Å². The van der Waals surface area contributed by atoms with Crippen molar-refractivity contribution in [3.05, 3.63) is 0 Å². The molecule has 0 aliphatic rings. The molecule has 0 saturated heterocycles. The SMILES string of the molecule is CCCCCCCCCCCCCCCCOC(C)OC(C)OC(C)O. The normalized spacial score (nSPS) is 15.1. The fourth-order valence-electron chi connectivity index (χ4n) is 3.16. The molecular formula is C22H46O4. The maximum absolute atomic E-state index is 9.11. The molecule has 4 nitrogen and oxygen atoms in total. The minimum absolute atomic E-state index is 0.300. The molecule has 0 spiro atoms. The van der Waals surface area contributed by atoms with E-state index in [0.717, 1.165) is 13.0 Å². The van der Waals surface area contributed by atoms with Crippen molar-refractivity contribution in [1.29, 1.82) is 0 Å². The first-order valence-electron chi connectivity index (χ1n) is 11.2. The molecule has 0 fully saturated rings. The van der Waals surface area contributed by atoms with E-state index in [-0.39, 0.29) is 6.29 Å². The van der Waals surface area contributed by atoms with Gasteiger partial charge < -0.3 is 19.3 Å². The van der Waals surface area contributed by atoms with Crippen LogP contribution in [0.15, 0.2) is 0 Å². The highest BCUT2D eigenvalue weighted by Crippen LogP contribution is 2.13. The van der Waals surface area contributed by atoms with Crippen LogP contribution >= 0.6 is 0 Å². The van der Waals surface area contributed by atoms with Gasteiger partial charge in [-0.1, -0.05) is 90.4 Å². The summed E-state index contributed by atoms with van der Waals surface area (Å²) < 4.78 is 16.2. The van der Waals surface area contributed by atoms with Crippen molar-refractivity contribution in [3.63, 3.8) is 0 Å². The third-order valence-electron chi connectivity index (χ3n) is 4.62. The van der Waals surface area contributed by atoms with Crippen LogP contribution in [0, 0.1) is 0 Å². The van der Waals surface area contributed by atoms with E-state index < -0.39 is 12.6 Å². The second kappa shape index (κ2) is 19.6. The second-order valence-corrected chi connectivity index (χ2v) is 7.47. The lowest BCUT2D eigenvalue weighted by Crippen LogP contribution is -2.25. The summed E-state index contributed by atoms with van der Waals surface area (Å²) in [6.45, 7) is 8.20. The summed E-state index contributed by atoms with van der Waals surface area (Å²) in [6.07, 6.45) is 17.5. The smallest absolute Gasteiger partial charge is 0.161 e. The van der Waals surface area contributed by atoms with Crippen LogP contribution in [0.2, 0.25) is 0 Å². The average Bonchev–Trinajstić information content (AvgIpc) is 2.57. The molecule has 0 heterocycles. The Morgan fingerprint density at radius 3 is 1.42 bits per heavy atom. The fraction of sp³-hybridized carbons (Fsp3) is 1.00. The molecule has 0 rings (SSSR count). The van der Waals surface area contributed by atoms with E-state index in [2.05, 4.69) is 6.92 Å². The summed E-state index contributed by atoms with van der Waals surface area (Å²) in [5.74, 6) is 0. The number of aliphatic hydroxyl groups excluding tert-OH is 1. The Hall–Kier alpha value is -0.160. The van der Waals surface area contributed by atoms with Crippen LogP contribution < -0.4 is 0 Å². The first-order chi connectivity index (χ1) is 12.6. The lowest BCUT2D eigenvalue weighted by molar-refractivity contribution is -0.270. The summed E-state index contributed by atoms with van der Waals surface area (Å²) in [5, 5.41) is 9.11. The topological polar surface area (TPSA) is 47.9 Å². The Kier molecular flexibility index (Phi) is 19.5. The molecule has 0 aromatic heterocycles. The van der Waals surface area contributed by atoms with E-state index in [9.17, 15) is 0 Å². The van der Waals surface area contributed by atoms with Crippen molar-refractivity contribution in [1.82, 2.24) is 0 Å². The number of rotatable bonds is 20. The lowest BCUT2D eigenvalue weighted by atomic mass is 10.0. The van der Waals surface area contributed by atoms with Gasteiger partial charge in [-0.25, -0.2) is 0 Å². The van der Waals surface area contributed by atoms with Gasteiger partial charge in [0.2, 0.25) is 0 Å². The Morgan fingerprint density at radius 1 is 0.577 bits per heavy atom. The van der Waals surface area contributed by atoms with Crippen LogP contribution in [0.4, 0.5) is 0 Å². The molecule has 26 heavy (non-hydrogen) atoms. The molecule has 0 aliphatic heterocycles. The first-order valence-corrected chi connectivity index (χ1v) is 11.2. The second-order valence-electron chi connectivity index (χ2n) is 7.47. The first kappa shape index (κ1) is 25.8. The fourth-order valence-corrected chi connectivity index (χ4v) is 3.16. The number of ether oxygens (including phenoxy) is 3. The molecular weight excluding hydrogens is 328 g/mol. The third kappa shape index (κ3) is 20.2. The molecule has 1 N–H and O–H groups in total. The van der Waals surface area contributed by atoms with Gasteiger partial charge in [-0.3, -0.25) is 0 Å². The molecule has 0 aliphatic carbocycles. The van der Waals surface area contributed by atoms with E-state index in [0.29, 0.717) is 0 Å². The third-order valence-corrected chi connectivity index (χ3v) is 4.62. The van der Waals surface area contributed by atoms with Crippen LogP contribution in [0.25, 0.3) is 0 Å². The Morgan fingerprint density at radius 2 is 1.00 bits per heavy atom. The van der Waals surface area contributed by atoms with Gasteiger partial charge in [0.15, 0.2) is 18.9 Å². The van der Waals surface area contributed by atoms with Crippen LogP contribution in [0.5, 0.6) is 0 Å². The van der Waals surface area contributed by atoms with Crippen molar-refractivity contribution in [2.75, 3.05) is 6.61 Å². The zero-order valence-electron chi connectivity index (χ0n) is 18.0. The molecule has 0 radical (unpaired) electrons. The highest BCUT2D eigenvalue weighted by Gasteiger charge is 2.10. The van der Waals surface area contributed by atoms with Gasteiger partial charge in [-0.15, -0.1) is 0 Å². The standard InChI is InChI=1S/C22H46O4/c1-5-6-7-8-9-10-11-12-13-14-15-16-17-18-19-24-21(3)26-22(4)25-20(2)23/h20-23H,5-19H2,1-4H3. The van der Waals surface area contributed by atoms with Gasteiger partial charge in [0.05, 0.1) is 0 Å². The molecule has 0 bridgehead atoms. The zero-order chi connectivity index (χ0) is 19.5. The quantitative estimate of drug-likeness (QED) is 0.194. The van der Waals surface area contributed by atoms with E-state index in [1.54, 1.807) is 13.8 Å². The molecule has 158 valence electrons. The Balaban J connectivity index is 3.19. The summed E-state index contributed by atoms with van der Waals surface area (Å²) in [6, 6.07) is 0. The summed E-state index contributed by atoms with van der Waals surface area (Å²) in [4.78, 5) is 0. The van der Waals surface area contributed by atoms with Crippen molar-refractivity contribution in [3.8, 4) is 0 Å². The maximum Gasteiger partial charge on any atom is 0.161 e. The maximum atomic E-state index is 9.11. The van der Waals surface area contributed by atoms with Crippen LogP contribution in [0.1, 0.15) is 118 Å². The highest BCUT2D eigenvalue weighted by atomic mass is 16.8. The minimum Gasteiger partial charge on any atom is -0.368 e. The minimum atomic E-state index is -0.817. The van der Waals surface area contributed by atoms with Crippen molar-refractivity contribution >= 4 is 0 Å². The number of unbranched alkanes of at least 4 members (excludes halogenated alkanes) is 13. The largest absolute Gasteiger partial charge is 0.368 e. The summed E-state index contributed by atoms with van der Waals surface area (Å²) >= 11 is 0. The van der Waals surface area contributed by atoms with Gasteiger partial charge >= 0.3 is 0 Å². The monoisotopic (exact) mass is 374 g/mol. The van der Waals surface area contributed by atoms with Crippen molar-refractivity contribution in [2.45, 2.75) is 136 Å². The molecule has 0 saturated carbocycles. The van der Waals surface area contributed by atoms with Crippen LogP contribution in [0.3, 0.4) is 0 Å². The number of aliphatic hydroxyl groups is 1. The van der Waals surface area contributed by atoms with Crippen molar-refractivity contribution in [2.24, 2.45) is 0 Å². The number of hydrogen-bond donors (Lipinski definition) is 1. The average molecular weight is 375 g/mol. The lowest BCUT2D eigenvalue weighted by Gasteiger charge is -2.20. The van der Waals surface area contributed by atoms with Gasteiger partial charge in [-0.05, 0) is 27.2 Å². The van der Waals surface area contributed by atoms with E-state index >= 15 is 0 Å². The predicted molar refractivity (Wildman–Crippen MR) is 109 cm³/mol. The molecule has 0 aromatic carbocycles. The predicted octanol–water partition coefficient (Wildman–Crippen LogP) is 6.55. The van der Waals surface area contributed by atoms with Crippen LogP contribution in [-0.2, 0) is 14.2 Å². The zero-order valence-corrected chi connectivity index (χ0v) is 18.0. The molecule has 3 atom stereocenters. The van der Waals surface area contributed by atoms with Gasteiger partial charge in [0, 0.05) is 6.61 Å². The van der Waals surface area contributed by atoms with E-state index in [1.165, 1.54) is 83.5 Å². The Bertz CT molecular complexity index is 271. The summed E-state index contributed by atoms with van der Waals surface area (Å²) in [5.41, 5.74) is 0. The molecule has 4 heteroatoms. The van der Waals surface area contributed by atoms with Crippen LogP contribution in [-0.4, -0.2) is 30.6 Å². The molecule has 3 unspecified atom stereocenters. The number of hydrogen-bond acceptors (Lipinski definition) is 4. The highest BCUT2D eigenvalue weighted by molar-refractivity contribution is 4.49. The van der Waals surface area contributed by atoms with E-state index in [4.69, 9.17) is 19.3 Å². The van der Waals surface area contributed by atoms with Gasteiger partial charge in [-0.2, -0.15) is 0 Å². The van der Waals surface area contributed by atoms with E-state index in [1.807, 2.05) is 6.92 Å². The summed E-state index contributed by atoms with van der Waals surface area (Å²) in [7, 11) is 0. The molecule has 0 amide bonds. The Labute approximate surface area is 163 Å².